The first-order valence-electron chi connectivity index (χ1n) is 6.20. The highest BCUT2D eigenvalue weighted by molar-refractivity contribution is 5.79. The van der Waals surface area contributed by atoms with Gasteiger partial charge >= 0.3 is 11.9 Å². The highest BCUT2D eigenvalue weighted by atomic mass is 19.3. The number of benzene rings is 1. The first-order valence-corrected chi connectivity index (χ1v) is 6.20. The van der Waals surface area contributed by atoms with Gasteiger partial charge in [0.1, 0.15) is 6.04 Å². The minimum absolute atomic E-state index is 0.0193. The molecule has 2 N–H and O–H groups in total. The second-order valence-corrected chi connectivity index (χ2v) is 4.28. The van der Waals surface area contributed by atoms with Gasteiger partial charge in [0.25, 0.3) is 0 Å². The fraction of sp³-hybridized carbons (Fsp3) is 0.462. The van der Waals surface area contributed by atoms with E-state index in [4.69, 9.17) is 19.9 Å². The van der Waals surface area contributed by atoms with Gasteiger partial charge in [-0.2, -0.15) is 8.78 Å². The number of methoxy groups -OCH3 is 1. The van der Waals surface area contributed by atoms with Gasteiger partial charge < -0.3 is 24.7 Å². The van der Waals surface area contributed by atoms with Crippen LogP contribution >= 0.6 is 0 Å². The summed E-state index contributed by atoms with van der Waals surface area (Å²) in [6.45, 7) is 1.23. The third-order valence-electron chi connectivity index (χ3n) is 2.98. The molecular weight excluding hydrogens is 288 g/mol. The molecule has 0 unspecified atom stereocenters. The number of rotatable bonds is 5. The zero-order valence-electron chi connectivity index (χ0n) is 11.5. The zero-order valence-corrected chi connectivity index (χ0v) is 11.5. The number of halogens is 2. The standard InChI is InChI=1S/C13H15F2NO5/c1-3-19-12(17)13(14,15)11(16)7-4-8(18-2)10-9(5-7)20-6-21-10/h4-5,11H,3,6,16H2,1-2H3/t11-/m0/s1. The van der Waals surface area contributed by atoms with Crippen LogP contribution in [0.25, 0.3) is 0 Å². The van der Waals surface area contributed by atoms with Crippen LogP contribution in [0.3, 0.4) is 0 Å². The second kappa shape index (κ2) is 5.72. The van der Waals surface area contributed by atoms with E-state index in [0.29, 0.717) is 5.75 Å². The van der Waals surface area contributed by atoms with Gasteiger partial charge in [0, 0.05) is 0 Å². The lowest BCUT2D eigenvalue weighted by molar-refractivity contribution is -0.174. The molecule has 1 aromatic carbocycles. The molecule has 0 radical (unpaired) electrons. The largest absolute Gasteiger partial charge is 0.493 e. The molecule has 116 valence electrons. The number of hydrogen-bond acceptors (Lipinski definition) is 6. The van der Waals surface area contributed by atoms with Crippen molar-refractivity contribution in [3.05, 3.63) is 17.7 Å². The number of esters is 1. The molecule has 8 heteroatoms. The quantitative estimate of drug-likeness (QED) is 0.833. The van der Waals surface area contributed by atoms with Crippen molar-refractivity contribution in [3.63, 3.8) is 0 Å². The van der Waals surface area contributed by atoms with E-state index in [9.17, 15) is 13.6 Å². The lowest BCUT2D eigenvalue weighted by atomic mass is 10.0. The Labute approximate surface area is 119 Å². The Morgan fingerprint density at radius 2 is 2.19 bits per heavy atom. The first-order chi connectivity index (χ1) is 9.91. The van der Waals surface area contributed by atoms with Crippen LogP contribution in [0.4, 0.5) is 8.78 Å². The molecule has 0 fully saturated rings. The Bertz CT molecular complexity index is 550. The Morgan fingerprint density at radius 1 is 1.48 bits per heavy atom. The molecule has 0 aromatic heterocycles. The predicted octanol–water partition coefficient (Wildman–Crippen LogP) is 1.62. The van der Waals surface area contributed by atoms with E-state index in [1.165, 1.54) is 26.2 Å². The first kappa shape index (κ1) is 15.3. The van der Waals surface area contributed by atoms with Crippen molar-refractivity contribution in [3.8, 4) is 17.2 Å². The molecule has 6 nitrogen and oxygen atoms in total. The average Bonchev–Trinajstić information content (AvgIpc) is 2.93. The maximum atomic E-state index is 14.0. The van der Waals surface area contributed by atoms with Gasteiger partial charge in [0.05, 0.1) is 13.7 Å². The second-order valence-electron chi connectivity index (χ2n) is 4.28. The van der Waals surface area contributed by atoms with Crippen LogP contribution < -0.4 is 19.9 Å². The number of ether oxygens (including phenoxy) is 4. The highest BCUT2D eigenvalue weighted by Gasteiger charge is 2.48. The molecule has 0 saturated carbocycles. The molecule has 0 spiro atoms. The minimum Gasteiger partial charge on any atom is -0.493 e. The van der Waals surface area contributed by atoms with Gasteiger partial charge in [0.15, 0.2) is 11.5 Å². The maximum absolute atomic E-state index is 14.0. The summed E-state index contributed by atoms with van der Waals surface area (Å²) in [6, 6.07) is 0.688. The molecular formula is C13H15F2NO5. The van der Waals surface area contributed by atoms with Crippen LogP contribution in [0.2, 0.25) is 0 Å². The van der Waals surface area contributed by atoms with E-state index in [-0.39, 0.29) is 30.5 Å². The van der Waals surface area contributed by atoms with E-state index >= 15 is 0 Å². The summed E-state index contributed by atoms with van der Waals surface area (Å²) in [4.78, 5) is 11.3. The average molecular weight is 303 g/mol. The van der Waals surface area contributed by atoms with Crippen LogP contribution in [-0.2, 0) is 9.53 Å². The maximum Gasteiger partial charge on any atom is 0.379 e. The minimum atomic E-state index is -3.87. The van der Waals surface area contributed by atoms with Crippen molar-refractivity contribution >= 4 is 5.97 Å². The topological polar surface area (TPSA) is 80.0 Å². The molecule has 1 aliphatic rings. The van der Waals surface area contributed by atoms with Crippen LogP contribution in [0.1, 0.15) is 18.5 Å². The third kappa shape index (κ3) is 2.71. The number of carbonyl (C=O) groups excluding carboxylic acids is 1. The molecule has 0 saturated heterocycles. The Kier molecular flexibility index (Phi) is 4.17. The van der Waals surface area contributed by atoms with Crippen molar-refractivity contribution in [1.82, 2.24) is 0 Å². The molecule has 1 aliphatic heterocycles. The Hall–Kier alpha value is -2.09. The number of fused-ring (bicyclic) bond motifs is 1. The summed E-state index contributed by atoms with van der Waals surface area (Å²) in [5.41, 5.74) is 5.50. The van der Waals surface area contributed by atoms with Crippen LogP contribution in [0, 0.1) is 0 Å². The number of hydrogen-bond donors (Lipinski definition) is 1. The summed E-state index contributed by atoms with van der Waals surface area (Å²) in [6.07, 6.45) is 0. The zero-order chi connectivity index (χ0) is 15.6. The smallest absolute Gasteiger partial charge is 0.379 e. The van der Waals surface area contributed by atoms with Crippen molar-refractivity contribution in [2.75, 3.05) is 20.5 Å². The molecule has 0 aliphatic carbocycles. The predicted molar refractivity (Wildman–Crippen MR) is 67.6 cm³/mol. The third-order valence-corrected chi connectivity index (χ3v) is 2.98. The SMILES string of the molecule is CCOC(=O)C(F)(F)[C@@H](N)c1cc(OC)c2c(c1)OCO2. The van der Waals surface area contributed by atoms with Crippen molar-refractivity contribution < 1.29 is 32.5 Å². The summed E-state index contributed by atoms with van der Waals surface area (Å²) < 4.78 is 47.6. The van der Waals surface area contributed by atoms with Crippen molar-refractivity contribution in [1.29, 1.82) is 0 Å². The molecule has 1 atom stereocenters. The lowest BCUT2D eigenvalue weighted by Crippen LogP contribution is -2.41. The monoisotopic (exact) mass is 303 g/mol. The molecule has 0 amide bonds. The molecule has 0 bridgehead atoms. The Morgan fingerprint density at radius 3 is 2.81 bits per heavy atom. The van der Waals surface area contributed by atoms with Gasteiger partial charge in [-0.1, -0.05) is 0 Å². The van der Waals surface area contributed by atoms with Crippen molar-refractivity contribution in [2.45, 2.75) is 18.9 Å². The van der Waals surface area contributed by atoms with E-state index in [1.54, 1.807) is 0 Å². The van der Waals surface area contributed by atoms with Crippen LogP contribution in [0.5, 0.6) is 17.2 Å². The molecule has 2 rings (SSSR count). The summed E-state index contributed by atoms with van der Waals surface area (Å²) in [7, 11) is 1.36. The summed E-state index contributed by atoms with van der Waals surface area (Å²) in [5.74, 6) is -4.79. The highest BCUT2D eigenvalue weighted by Crippen LogP contribution is 2.44. The normalized spacial score (nSPS) is 14.7. The number of alkyl halides is 2. The van der Waals surface area contributed by atoms with E-state index in [1.807, 2.05) is 0 Å². The van der Waals surface area contributed by atoms with Gasteiger partial charge in [-0.05, 0) is 24.6 Å². The number of nitrogens with two attached hydrogens (primary N) is 1. The van der Waals surface area contributed by atoms with Gasteiger partial charge in [-0.3, -0.25) is 0 Å². The van der Waals surface area contributed by atoms with Crippen molar-refractivity contribution in [2.24, 2.45) is 5.73 Å². The fourth-order valence-corrected chi connectivity index (χ4v) is 1.89. The van der Waals surface area contributed by atoms with Crippen LogP contribution in [0.15, 0.2) is 12.1 Å². The van der Waals surface area contributed by atoms with Gasteiger partial charge in [0.2, 0.25) is 12.5 Å². The molecule has 1 aromatic rings. The molecule has 21 heavy (non-hydrogen) atoms. The molecule has 1 heterocycles. The van der Waals surface area contributed by atoms with Crippen LogP contribution in [-0.4, -0.2) is 32.4 Å². The lowest BCUT2D eigenvalue weighted by Gasteiger charge is -2.22. The van der Waals surface area contributed by atoms with E-state index in [0.717, 1.165) is 0 Å². The van der Waals surface area contributed by atoms with Gasteiger partial charge in [-0.15, -0.1) is 0 Å². The summed E-state index contributed by atoms with van der Waals surface area (Å²) >= 11 is 0. The van der Waals surface area contributed by atoms with E-state index < -0.39 is 17.9 Å². The Balaban J connectivity index is 2.35. The number of carbonyl (C=O) groups is 1. The fourth-order valence-electron chi connectivity index (χ4n) is 1.89. The van der Waals surface area contributed by atoms with E-state index in [2.05, 4.69) is 4.74 Å². The van der Waals surface area contributed by atoms with Gasteiger partial charge in [-0.25, -0.2) is 4.79 Å². The summed E-state index contributed by atoms with van der Waals surface area (Å²) in [5, 5.41) is 0.